The van der Waals surface area contributed by atoms with Crippen molar-refractivity contribution < 1.29 is 14.7 Å². The molecule has 5 heteroatoms. The van der Waals surface area contributed by atoms with E-state index in [0.717, 1.165) is 10.9 Å². The van der Waals surface area contributed by atoms with E-state index in [0.29, 0.717) is 5.56 Å². The molecule has 0 aliphatic heterocycles. The lowest BCUT2D eigenvalue weighted by molar-refractivity contribution is -0.148. The van der Waals surface area contributed by atoms with Crippen molar-refractivity contribution in [2.24, 2.45) is 0 Å². The molecule has 3 N–H and O–H groups in total. The molecule has 2 aromatic rings. The van der Waals surface area contributed by atoms with E-state index in [1.54, 1.807) is 6.20 Å². The van der Waals surface area contributed by atoms with Crippen LogP contribution in [0.1, 0.15) is 5.56 Å². The Hall–Kier alpha value is -2.30. The predicted molar refractivity (Wildman–Crippen MR) is 58.4 cm³/mol. The normalized spacial score (nSPS) is 10.5. The number of nitrogen functional groups attached to an aromatic ring is 1. The molecule has 0 radical (unpaired) electrons. The highest BCUT2D eigenvalue weighted by Gasteiger charge is 2.15. The second-order valence-electron chi connectivity index (χ2n) is 3.48. The summed E-state index contributed by atoms with van der Waals surface area (Å²) in [4.78, 5) is 21.6. The van der Waals surface area contributed by atoms with Crippen LogP contribution in [0.25, 0.3) is 10.9 Å². The third kappa shape index (κ3) is 1.63. The molecule has 0 unspecified atom stereocenters. The Labute approximate surface area is 91.1 Å². The monoisotopic (exact) mass is 218 g/mol. The number of Topliss-reactive ketones (excluding diaryl/α,β-unsaturated/α-hetero) is 1. The number of hydrogen-bond acceptors (Lipinski definition) is 3. The van der Waals surface area contributed by atoms with Gasteiger partial charge >= 0.3 is 5.97 Å². The maximum atomic E-state index is 11.1. The topological polar surface area (TPSA) is 85.3 Å². The number of carbonyl (C=O) groups is 2. The van der Waals surface area contributed by atoms with Crippen molar-refractivity contribution in [3.05, 3.63) is 36.0 Å². The summed E-state index contributed by atoms with van der Waals surface area (Å²) in [5, 5.41) is 9.34. The van der Waals surface area contributed by atoms with E-state index >= 15 is 0 Å². The number of aromatic nitrogens is 1. The molecule has 0 bridgehead atoms. The van der Waals surface area contributed by atoms with Gasteiger partial charge < -0.3 is 10.9 Å². The van der Waals surface area contributed by atoms with Gasteiger partial charge in [0.1, 0.15) is 0 Å². The summed E-state index contributed by atoms with van der Waals surface area (Å²) in [5.74, 6) is 3.43. The molecule has 16 heavy (non-hydrogen) atoms. The lowest BCUT2D eigenvalue weighted by atomic mass is 10.1. The summed E-state index contributed by atoms with van der Waals surface area (Å²) >= 11 is 0. The van der Waals surface area contributed by atoms with Crippen LogP contribution in [0.5, 0.6) is 0 Å². The SMILES string of the molecule is Nn1cc(CC(=O)C(=O)O)c2ccccc21. The van der Waals surface area contributed by atoms with Crippen molar-refractivity contribution in [2.75, 3.05) is 5.84 Å². The van der Waals surface area contributed by atoms with E-state index < -0.39 is 11.8 Å². The molecule has 0 atom stereocenters. The van der Waals surface area contributed by atoms with Gasteiger partial charge in [-0.3, -0.25) is 9.47 Å². The van der Waals surface area contributed by atoms with Gasteiger partial charge in [-0.05, 0) is 11.6 Å². The minimum absolute atomic E-state index is 0.139. The van der Waals surface area contributed by atoms with Crippen molar-refractivity contribution in [1.29, 1.82) is 0 Å². The first-order valence-corrected chi connectivity index (χ1v) is 4.69. The summed E-state index contributed by atoms with van der Waals surface area (Å²) in [6, 6.07) is 7.26. The number of carbonyl (C=O) groups excluding carboxylic acids is 1. The van der Waals surface area contributed by atoms with E-state index in [2.05, 4.69) is 0 Å². The van der Waals surface area contributed by atoms with Crippen LogP contribution < -0.4 is 5.84 Å². The van der Waals surface area contributed by atoms with Gasteiger partial charge in [0.05, 0.1) is 5.52 Å². The number of benzene rings is 1. The lowest BCUT2D eigenvalue weighted by Gasteiger charge is -1.94. The first kappa shape index (κ1) is 10.2. The number of aliphatic carboxylic acids is 1. The van der Waals surface area contributed by atoms with Crippen LogP contribution in [0, 0.1) is 0 Å². The molecule has 0 spiro atoms. The molecule has 1 aromatic carbocycles. The summed E-state index contributed by atoms with van der Waals surface area (Å²) < 4.78 is 1.39. The minimum Gasteiger partial charge on any atom is -0.475 e. The molecule has 0 fully saturated rings. The Balaban J connectivity index is 2.46. The Kier molecular flexibility index (Phi) is 2.36. The number of carboxylic acid groups (broad SMARTS) is 1. The van der Waals surface area contributed by atoms with Crippen LogP contribution >= 0.6 is 0 Å². The summed E-state index contributed by atoms with van der Waals surface area (Å²) in [6.07, 6.45) is 1.44. The van der Waals surface area contributed by atoms with E-state index in [1.165, 1.54) is 4.68 Å². The Morgan fingerprint density at radius 3 is 2.69 bits per heavy atom. The largest absolute Gasteiger partial charge is 0.475 e. The molecule has 0 aliphatic rings. The van der Waals surface area contributed by atoms with E-state index in [-0.39, 0.29) is 6.42 Å². The fraction of sp³-hybridized carbons (Fsp3) is 0.0909. The van der Waals surface area contributed by atoms with Gasteiger partial charge in [0, 0.05) is 18.0 Å². The molecule has 2 rings (SSSR count). The maximum Gasteiger partial charge on any atom is 0.372 e. The second-order valence-corrected chi connectivity index (χ2v) is 3.48. The van der Waals surface area contributed by atoms with Crippen LogP contribution in [-0.2, 0) is 16.0 Å². The van der Waals surface area contributed by atoms with Crippen LogP contribution in [0.15, 0.2) is 30.5 Å². The third-order valence-corrected chi connectivity index (χ3v) is 2.41. The van der Waals surface area contributed by atoms with Gasteiger partial charge in [-0.25, -0.2) is 4.79 Å². The zero-order valence-electron chi connectivity index (χ0n) is 8.38. The fourth-order valence-electron chi connectivity index (χ4n) is 1.67. The van der Waals surface area contributed by atoms with Gasteiger partial charge in [-0.2, -0.15) is 0 Å². The zero-order chi connectivity index (χ0) is 11.7. The van der Waals surface area contributed by atoms with Crippen LogP contribution in [-0.4, -0.2) is 21.5 Å². The number of hydrogen-bond donors (Lipinski definition) is 2. The van der Waals surface area contributed by atoms with E-state index in [9.17, 15) is 9.59 Å². The van der Waals surface area contributed by atoms with Gasteiger partial charge in [0.15, 0.2) is 0 Å². The average molecular weight is 218 g/mol. The van der Waals surface area contributed by atoms with Gasteiger partial charge in [0.25, 0.3) is 0 Å². The molecule has 5 nitrogen and oxygen atoms in total. The number of para-hydroxylation sites is 1. The van der Waals surface area contributed by atoms with Crippen molar-refractivity contribution in [2.45, 2.75) is 6.42 Å². The summed E-state index contributed by atoms with van der Waals surface area (Å²) in [5.41, 5.74) is 1.40. The molecule has 0 aliphatic carbocycles. The van der Waals surface area contributed by atoms with Crippen LogP contribution in [0.2, 0.25) is 0 Å². The number of rotatable bonds is 3. The number of nitrogens with zero attached hydrogens (tertiary/aromatic N) is 1. The molecular weight excluding hydrogens is 208 g/mol. The van der Waals surface area contributed by atoms with Crippen LogP contribution in [0.4, 0.5) is 0 Å². The minimum atomic E-state index is -1.42. The van der Waals surface area contributed by atoms with Crippen molar-refractivity contribution in [3.63, 3.8) is 0 Å². The van der Waals surface area contributed by atoms with Crippen molar-refractivity contribution in [1.82, 2.24) is 4.68 Å². The number of ketones is 1. The highest BCUT2D eigenvalue weighted by atomic mass is 16.4. The highest BCUT2D eigenvalue weighted by molar-refractivity contribution is 6.33. The first-order valence-electron chi connectivity index (χ1n) is 4.69. The maximum absolute atomic E-state index is 11.1. The molecule has 0 saturated heterocycles. The van der Waals surface area contributed by atoms with Crippen molar-refractivity contribution >= 4 is 22.7 Å². The lowest BCUT2D eigenvalue weighted by Crippen LogP contribution is -2.15. The molecule has 1 heterocycles. The summed E-state index contributed by atoms with van der Waals surface area (Å²) in [6.45, 7) is 0. The fourth-order valence-corrected chi connectivity index (χ4v) is 1.67. The van der Waals surface area contributed by atoms with E-state index in [1.807, 2.05) is 24.3 Å². The molecule has 82 valence electrons. The number of carboxylic acids is 1. The number of fused-ring (bicyclic) bond motifs is 1. The second kappa shape index (κ2) is 3.69. The van der Waals surface area contributed by atoms with Crippen molar-refractivity contribution in [3.8, 4) is 0 Å². The smallest absolute Gasteiger partial charge is 0.372 e. The number of nitrogens with two attached hydrogens (primary N) is 1. The Bertz CT molecular complexity index is 572. The predicted octanol–water partition coefficient (Wildman–Crippen LogP) is 0.551. The standard InChI is InChI=1S/C11H10N2O3/c12-13-6-7(5-10(14)11(15)16)8-3-1-2-4-9(8)13/h1-4,6H,5,12H2,(H,15,16). The molecule has 1 aromatic heterocycles. The van der Waals surface area contributed by atoms with Gasteiger partial charge in [-0.15, -0.1) is 0 Å². The first-order chi connectivity index (χ1) is 7.59. The quantitative estimate of drug-likeness (QED) is 0.582. The third-order valence-electron chi connectivity index (χ3n) is 2.41. The summed E-state index contributed by atoms with van der Waals surface area (Å²) in [7, 11) is 0. The molecule has 0 saturated carbocycles. The zero-order valence-corrected chi connectivity index (χ0v) is 8.38. The average Bonchev–Trinajstić information content (AvgIpc) is 2.57. The van der Waals surface area contributed by atoms with Gasteiger partial charge in [0.2, 0.25) is 5.78 Å². The van der Waals surface area contributed by atoms with E-state index in [4.69, 9.17) is 10.9 Å². The van der Waals surface area contributed by atoms with Gasteiger partial charge in [-0.1, -0.05) is 18.2 Å². The highest BCUT2D eigenvalue weighted by Crippen LogP contribution is 2.19. The Morgan fingerprint density at radius 2 is 2.00 bits per heavy atom. The Morgan fingerprint density at radius 1 is 1.31 bits per heavy atom. The molecular formula is C11H10N2O3. The molecule has 0 amide bonds. The van der Waals surface area contributed by atoms with Crippen LogP contribution in [0.3, 0.4) is 0 Å².